The van der Waals surface area contributed by atoms with E-state index in [-0.39, 0.29) is 0 Å². The molecular weight excluding hydrogens is 222 g/mol. The molecule has 0 radical (unpaired) electrons. The molecular formula is C15H25N3. The fourth-order valence-corrected chi connectivity index (χ4v) is 2.76. The van der Waals surface area contributed by atoms with Gasteiger partial charge in [0.05, 0.1) is 0 Å². The van der Waals surface area contributed by atoms with Gasteiger partial charge >= 0.3 is 0 Å². The van der Waals surface area contributed by atoms with E-state index in [1.54, 1.807) is 0 Å². The molecule has 1 unspecified atom stereocenters. The van der Waals surface area contributed by atoms with Crippen LogP contribution in [0, 0.1) is 19.8 Å². The van der Waals surface area contributed by atoms with E-state index >= 15 is 0 Å². The Balaban J connectivity index is 2.10. The highest BCUT2D eigenvalue weighted by atomic mass is 15.3. The molecule has 1 saturated heterocycles. The first-order chi connectivity index (χ1) is 8.56. The second-order valence-electron chi connectivity index (χ2n) is 5.91. The normalized spacial score (nSPS) is 19.8. The van der Waals surface area contributed by atoms with Crippen molar-refractivity contribution in [2.45, 2.75) is 59.4 Å². The molecule has 0 amide bonds. The van der Waals surface area contributed by atoms with Crippen LogP contribution < -0.4 is 4.90 Å². The van der Waals surface area contributed by atoms with Gasteiger partial charge < -0.3 is 4.90 Å². The van der Waals surface area contributed by atoms with Crippen LogP contribution in [0.25, 0.3) is 0 Å². The summed E-state index contributed by atoms with van der Waals surface area (Å²) in [6, 6.07) is 2.69. The Morgan fingerprint density at radius 2 is 1.94 bits per heavy atom. The maximum atomic E-state index is 4.61. The van der Waals surface area contributed by atoms with Crippen LogP contribution >= 0.6 is 0 Å². The second kappa shape index (κ2) is 5.68. The zero-order valence-corrected chi connectivity index (χ0v) is 12.1. The van der Waals surface area contributed by atoms with Crippen LogP contribution in [-0.2, 0) is 0 Å². The topological polar surface area (TPSA) is 29.0 Å². The fourth-order valence-electron chi connectivity index (χ4n) is 2.76. The zero-order valence-electron chi connectivity index (χ0n) is 12.1. The summed E-state index contributed by atoms with van der Waals surface area (Å²) in [5.41, 5.74) is 2.15. The van der Waals surface area contributed by atoms with Crippen molar-refractivity contribution < 1.29 is 0 Å². The average molecular weight is 247 g/mol. The first-order valence-electron chi connectivity index (χ1n) is 7.15. The molecule has 0 aliphatic carbocycles. The van der Waals surface area contributed by atoms with Gasteiger partial charge in [-0.05, 0) is 51.5 Å². The summed E-state index contributed by atoms with van der Waals surface area (Å²) in [6.45, 7) is 9.82. The molecule has 0 N–H and O–H groups in total. The van der Waals surface area contributed by atoms with Crippen molar-refractivity contribution in [2.75, 3.05) is 11.4 Å². The number of aromatic nitrogens is 2. The molecule has 1 aromatic rings. The Hall–Kier alpha value is -1.12. The molecule has 0 aromatic carbocycles. The highest BCUT2D eigenvalue weighted by molar-refractivity contribution is 5.35. The van der Waals surface area contributed by atoms with E-state index in [2.05, 4.69) is 42.6 Å². The van der Waals surface area contributed by atoms with Gasteiger partial charge in [0.25, 0.3) is 0 Å². The van der Waals surface area contributed by atoms with Gasteiger partial charge in [-0.25, -0.2) is 9.97 Å². The molecule has 0 spiro atoms. The monoisotopic (exact) mass is 247 g/mol. The lowest BCUT2D eigenvalue weighted by molar-refractivity contribution is 0.492. The SMILES string of the molecule is Cc1cc(C)nc(N2CCCC2CCC(C)C)n1. The van der Waals surface area contributed by atoms with Gasteiger partial charge in [-0.3, -0.25) is 0 Å². The van der Waals surface area contributed by atoms with Gasteiger partial charge in [0, 0.05) is 24.0 Å². The third-order valence-electron chi connectivity index (χ3n) is 3.68. The standard InChI is InChI=1S/C15H25N3/c1-11(2)7-8-14-6-5-9-18(14)15-16-12(3)10-13(4)17-15/h10-11,14H,5-9H2,1-4H3. The smallest absolute Gasteiger partial charge is 0.226 e. The second-order valence-corrected chi connectivity index (χ2v) is 5.91. The minimum absolute atomic E-state index is 0.647. The lowest BCUT2D eigenvalue weighted by Crippen LogP contribution is -2.31. The first-order valence-corrected chi connectivity index (χ1v) is 7.15. The Kier molecular flexibility index (Phi) is 4.20. The predicted octanol–water partition coefficient (Wildman–Crippen LogP) is 3.50. The molecule has 2 rings (SSSR count). The maximum Gasteiger partial charge on any atom is 0.226 e. The number of nitrogens with zero attached hydrogens (tertiary/aromatic N) is 3. The Bertz CT molecular complexity index is 380. The van der Waals surface area contributed by atoms with E-state index in [9.17, 15) is 0 Å². The van der Waals surface area contributed by atoms with Crippen LogP contribution in [-0.4, -0.2) is 22.6 Å². The number of hydrogen-bond acceptors (Lipinski definition) is 3. The molecule has 0 bridgehead atoms. The van der Waals surface area contributed by atoms with Crippen molar-refractivity contribution in [3.8, 4) is 0 Å². The fraction of sp³-hybridized carbons (Fsp3) is 0.733. The number of aryl methyl sites for hydroxylation is 2. The summed E-state index contributed by atoms with van der Waals surface area (Å²) in [4.78, 5) is 11.6. The average Bonchev–Trinajstić information content (AvgIpc) is 2.72. The first kappa shape index (κ1) is 13.3. The minimum Gasteiger partial charge on any atom is -0.338 e. The van der Waals surface area contributed by atoms with Crippen molar-refractivity contribution >= 4 is 5.95 Å². The predicted molar refractivity (Wildman–Crippen MR) is 75.9 cm³/mol. The molecule has 3 nitrogen and oxygen atoms in total. The highest BCUT2D eigenvalue weighted by Crippen LogP contribution is 2.26. The quantitative estimate of drug-likeness (QED) is 0.815. The molecule has 1 aliphatic rings. The van der Waals surface area contributed by atoms with E-state index in [0.29, 0.717) is 6.04 Å². The Morgan fingerprint density at radius 1 is 1.28 bits per heavy atom. The molecule has 1 fully saturated rings. The van der Waals surface area contributed by atoms with Crippen LogP contribution in [0.2, 0.25) is 0 Å². The van der Waals surface area contributed by atoms with E-state index in [1.165, 1.54) is 25.7 Å². The largest absolute Gasteiger partial charge is 0.338 e. The summed E-state index contributed by atoms with van der Waals surface area (Å²) in [7, 11) is 0. The van der Waals surface area contributed by atoms with Gasteiger partial charge in [-0.2, -0.15) is 0 Å². The summed E-state index contributed by atoms with van der Waals surface area (Å²) in [5, 5.41) is 0. The lowest BCUT2D eigenvalue weighted by Gasteiger charge is -2.25. The third kappa shape index (κ3) is 3.21. The van der Waals surface area contributed by atoms with E-state index in [0.717, 1.165) is 29.8 Å². The number of anilines is 1. The van der Waals surface area contributed by atoms with Gasteiger partial charge in [-0.15, -0.1) is 0 Å². The van der Waals surface area contributed by atoms with Crippen molar-refractivity contribution in [1.82, 2.24) is 9.97 Å². The molecule has 0 saturated carbocycles. The van der Waals surface area contributed by atoms with Crippen molar-refractivity contribution in [3.63, 3.8) is 0 Å². The molecule has 100 valence electrons. The van der Waals surface area contributed by atoms with Gasteiger partial charge in [0.15, 0.2) is 0 Å². The van der Waals surface area contributed by atoms with Gasteiger partial charge in [0.1, 0.15) is 0 Å². The maximum absolute atomic E-state index is 4.61. The third-order valence-corrected chi connectivity index (χ3v) is 3.68. The summed E-state index contributed by atoms with van der Waals surface area (Å²) in [6.07, 6.45) is 5.14. The van der Waals surface area contributed by atoms with Crippen molar-refractivity contribution in [2.24, 2.45) is 5.92 Å². The zero-order chi connectivity index (χ0) is 13.1. The highest BCUT2D eigenvalue weighted by Gasteiger charge is 2.26. The lowest BCUT2D eigenvalue weighted by atomic mass is 10.0. The van der Waals surface area contributed by atoms with Crippen molar-refractivity contribution in [1.29, 1.82) is 0 Å². The number of hydrogen-bond donors (Lipinski definition) is 0. The number of rotatable bonds is 4. The Morgan fingerprint density at radius 3 is 2.56 bits per heavy atom. The summed E-state index contributed by atoms with van der Waals surface area (Å²) >= 11 is 0. The van der Waals surface area contributed by atoms with Crippen molar-refractivity contribution in [3.05, 3.63) is 17.5 Å². The van der Waals surface area contributed by atoms with Crippen LogP contribution in [0.3, 0.4) is 0 Å². The minimum atomic E-state index is 0.647. The molecule has 3 heteroatoms. The van der Waals surface area contributed by atoms with Crippen LogP contribution in [0.5, 0.6) is 0 Å². The molecule has 18 heavy (non-hydrogen) atoms. The van der Waals surface area contributed by atoms with E-state index in [4.69, 9.17) is 0 Å². The van der Waals surface area contributed by atoms with E-state index < -0.39 is 0 Å². The molecule has 1 atom stereocenters. The van der Waals surface area contributed by atoms with Crippen LogP contribution in [0.15, 0.2) is 6.07 Å². The molecule has 2 heterocycles. The molecule has 1 aliphatic heterocycles. The summed E-state index contributed by atoms with van der Waals surface area (Å²) < 4.78 is 0. The van der Waals surface area contributed by atoms with Crippen LogP contribution in [0.4, 0.5) is 5.95 Å². The van der Waals surface area contributed by atoms with Gasteiger partial charge in [-0.1, -0.05) is 13.8 Å². The Labute approximate surface area is 111 Å². The van der Waals surface area contributed by atoms with Crippen LogP contribution in [0.1, 0.15) is 50.9 Å². The summed E-state index contributed by atoms with van der Waals surface area (Å²) in [5.74, 6) is 1.73. The van der Waals surface area contributed by atoms with Gasteiger partial charge in [0.2, 0.25) is 5.95 Å². The molecule has 1 aromatic heterocycles. The van der Waals surface area contributed by atoms with E-state index in [1.807, 2.05) is 6.07 Å².